The SMILES string of the molecule is CC(C)CCC(C)Nc1nsnc1Cl. The number of hydrogen-bond acceptors (Lipinski definition) is 4. The maximum atomic E-state index is 5.82. The van der Waals surface area contributed by atoms with Crippen LogP contribution in [0.15, 0.2) is 0 Å². The van der Waals surface area contributed by atoms with Gasteiger partial charge in [-0.15, -0.1) is 0 Å². The molecular weight excluding hydrogens is 218 g/mol. The average Bonchev–Trinajstić information content (AvgIpc) is 2.49. The Balaban J connectivity index is 2.34. The molecule has 5 heteroatoms. The summed E-state index contributed by atoms with van der Waals surface area (Å²) in [5.74, 6) is 1.45. The third kappa shape index (κ3) is 3.80. The van der Waals surface area contributed by atoms with Crippen LogP contribution in [0.25, 0.3) is 0 Å². The van der Waals surface area contributed by atoms with E-state index in [0.717, 1.165) is 24.1 Å². The van der Waals surface area contributed by atoms with Gasteiger partial charge in [0.1, 0.15) is 0 Å². The number of halogens is 1. The molecular formula is C9H16ClN3S. The summed E-state index contributed by atoms with van der Waals surface area (Å²) in [7, 11) is 0. The van der Waals surface area contributed by atoms with Crippen LogP contribution in [-0.2, 0) is 0 Å². The van der Waals surface area contributed by atoms with Crippen molar-refractivity contribution in [2.24, 2.45) is 5.92 Å². The van der Waals surface area contributed by atoms with Crippen molar-refractivity contribution in [3.05, 3.63) is 5.15 Å². The van der Waals surface area contributed by atoms with Gasteiger partial charge in [0, 0.05) is 6.04 Å². The zero-order valence-corrected chi connectivity index (χ0v) is 10.3. The number of rotatable bonds is 5. The Labute approximate surface area is 94.2 Å². The van der Waals surface area contributed by atoms with Crippen molar-refractivity contribution < 1.29 is 0 Å². The molecule has 0 spiro atoms. The lowest BCUT2D eigenvalue weighted by Crippen LogP contribution is -2.16. The fourth-order valence-electron chi connectivity index (χ4n) is 1.15. The minimum atomic E-state index is 0.402. The first-order chi connectivity index (χ1) is 6.59. The highest BCUT2D eigenvalue weighted by Crippen LogP contribution is 2.20. The van der Waals surface area contributed by atoms with Crippen LogP contribution in [-0.4, -0.2) is 14.8 Å². The highest BCUT2D eigenvalue weighted by atomic mass is 35.5. The van der Waals surface area contributed by atoms with E-state index in [2.05, 4.69) is 34.8 Å². The van der Waals surface area contributed by atoms with E-state index in [1.165, 1.54) is 6.42 Å². The zero-order valence-electron chi connectivity index (χ0n) is 8.75. The Morgan fingerprint density at radius 1 is 1.29 bits per heavy atom. The van der Waals surface area contributed by atoms with E-state index in [9.17, 15) is 0 Å². The molecule has 1 aromatic rings. The van der Waals surface area contributed by atoms with Gasteiger partial charge in [-0.1, -0.05) is 25.4 Å². The molecule has 0 bridgehead atoms. The van der Waals surface area contributed by atoms with Gasteiger partial charge in [0.2, 0.25) is 0 Å². The Hall–Kier alpha value is -0.350. The summed E-state index contributed by atoms with van der Waals surface area (Å²) in [5, 5.41) is 3.73. The summed E-state index contributed by atoms with van der Waals surface area (Å²) in [6.07, 6.45) is 2.34. The van der Waals surface area contributed by atoms with Crippen molar-refractivity contribution in [2.45, 2.75) is 39.7 Å². The van der Waals surface area contributed by atoms with Crippen molar-refractivity contribution in [1.29, 1.82) is 0 Å². The third-order valence-corrected chi connectivity index (χ3v) is 2.90. The summed E-state index contributed by atoms with van der Waals surface area (Å²) in [6.45, 7) is 6.59. The summed E-state index contributed by atoms with van der Waals surface area (Å²) in [5.41, 5.74) is 0. The second-order valence-corrected chi connectivity index (χ2v) is 4.81. The van der Waals surface area contributed by atoms with Crippen LogP contribution >= 0.6 is 23.3 Å². The molecule has 1 N–H and O–H groups in total. The van der Waals surface area contributed by atoms with Gasteiger partial charge in [-0.3, -0.25) is 0 Å². The molecule has 0 amide bonds. The lowest BCUT2D eigenvalue weighted by molar-refractivity contribution is 0.527. The lowest BCUT2D eigenvalue weighted by Gasteiger charge is -2.14. The van der Waals surface area contributed by atoms with Gasteiger partial charge in [-0.25, -0.2) is 0 Å². The molecule has 80 valence electrons. The van der Waals surface area contributed by atoms with Gasteiger partial charge in [-0.05, 0) is 25.7 Å². The monoisotopic (exact) mass is 233 g/mol. The molecule has 0 saturated carbocycles. The molecule has 14 heavy (non-hydrogen) atoms. The van der Waals surface area contributed by atoms with Crippen LogP contribution in [0.4, 0.5) is 5.82 Å². The fourth-order valence-corrected chi connectivity index (χ4v) is 1.81. The van der Waals surface area contributed by atoms with E-state index in [4.69, 9.17) is 11.6 Å². The van der Waals surface area contributed by atoms with Crippen LogP contribution in [0.1, 0.15) is 33.6 Å². The van der Waals surface area contributed by atoms with Gasteiger partial charge in [-0.2, -0.15) is 8.75 Å². The predicted molar refractivity (Wildman–Crippen MR) is 62.1 cm³/mol. The molecule has 0 radical (unpaired) electrons. The van der Waals surface area contributed by atoms with Crippen molar-refractivity contribution in [3.8, 4) is 0 Å². The van der Waals surface area contributed by atoms with Crippen LogP contribution in [0, 0.1) is 5.92 Å². The van der Waals surface area contributed by atoms with E-state index < -0.39 is 0 Å². The largest absolute Gasteiger partial charge is 0.364 e. The molecule has 1 aromatic heterocycles. The standard InChI is InChI=1S/C9H16ClN3S/c1-6(2)4-5-7(3)11-9-8(10)12-14-13-9/h6-7H,4-5H2,1-3H3,(H,11,13). The van der Waals surface area contributed by atoms with E-state index in [-0.39, 0.29) is 0 Å². The first-order valence-corrected chi connectivity index (χ1v) is 5.95. The molecule has 0 saturated heterocycles. The average molecular weight is 234 g/mol. The van der Waals surface area contributed by atoms with E-state index in [0.29, 0.717) is 17.0 Å². The Morgan fingerprint density at radius 2 is 2.00 bits per heavy atom. The normalized spacial score (nSPS) is 13.2. The van der Waals surface area contributed by atoms with Gasteiger partial charge < -0.3 is 5.32 Å². The molecule has 0 fully saturated rings. The molecule has 0 aliphatic heterocycles. The van der Waals surface area contributed by atoms with Crippen LogP contribution < -0.4 is 5.32 Å². The quantitative estimate of drug-likeness (QED) is 0.847. The molecule has 1 rings (SSSR count). The first kappa shape index (κ1) is 11.7. The minimum absolute atomic E-state index is 0.402. The molecule has 1 unspecified atom stereocenters. The maximum absolute atomic E-state index is 5.82. The zero-order chi connectivity index (χ0) is 10.6. The van der Waals surface area contributed by atoms with Gasteiger partial charge in [0.15, 0.2) is 11.0 Å². The van der Waals surface area contributed by atoms with E-state index in [1.807, 2.05) is 0 Å². The predicted octanol–water partition coefficient (Wildman–Crippen LogP) is 3.43. The van der Waals surface area contributed by atoms with E-state index >= 15 is 0 Å². The van der Waals surface area contributed by atoms with Crippen molar-refractivity contribution in [1.82, 2.24) is 8.75 Å². The maximum Gasteiger partial charge on any atom is 0.186 e. The smallest absolute Gasteiger partial charge is 0.186 e. The van der Waals surface area contributed by atoms with Gasteiger partial charge >= 0.3 is 0 Å². The number of anilines is 1. The van der Waals surface area contributed by atoms with Gasteiger partial charge in [0.25, 0.3) is 0 Å². The number of nitrogens with one attached hydrogen (secondary N) is 1. The van der Waals surface area contributed by atoms with Crippen LogP contribution in [0.2, 0.25) is 5.15 Å². The van der Waals surface area contributed by atoms with Crippen molar-refractivity contribution in [2.75, 3.05) is 5.32 Å². The highest BCUT2D eigenvalue weighted by Gasteiger charge is 2.09. The Bertz CT molecular complexity index is 275. The van der Waals surface area contributed by atoms with Crippen molar-refractivity contribution >= 4 is 29.1 Å². The second-order valence-electron chi connectivity index (χ2n) is 3.92. The molecule has 0 aliphatic carbocycles. The van der Waals surface area contributed by atoms with E-state index in [1.54, 1.807) is 0 Å². The molecule has 3 nitrogen and oxygen atoms in total. The Kier molecular flexibility index (Phi) is 4.62. The molecule has 0 aromatic carbocycles. The summed E-state index contributed by atoms with van der Waals surface area (Å²) >= 11 is 6.96. The Morgan fingerprint density at radius 3 is 2.50 bits per heavy atom. The molecule has 1 heterocycles. The highest BCUT2D eigenvalue weighted by molar-refractivity contribution is 6.99. The second kappa shape index (κ2) is 5.51. The lowest BCUT2D eigenvalue weighted by atomic mass is 10.0. The summed E-state index contributed by atoms with van der Waals surface area (Å²) in [4.78, 5) is 0. The minimum Gasteiger partial charge on any atom is -0.364 e. The first-order valence-electron chi connectivity index (χ1n) is 4.84. The van der Waals surface area contributed by atoms with Crippen LogP contribution in [0.3, 0.4) is 0 Å². The number of aromatic nitrogens is 2. The summed E-state index contributed by atoms with van der Waals surface area (Å²) in [6, 6.07) is 0.402. The fraction of sp³-hybridized carbons (Fsp3) is 0.778. The van der Waals surface area contributed by atoms with Crippen molar-refractivity contribution in [3.63, 3.8) is 0 Å². The third-order valence-electron chi connectivity index (χ3n) is 2.01. The number of hydrogen-bond donors (Lipinski definition) is 1. The van der Waals surface area contributed by atoms with Gasteiger partial charge in [0.05, 0.1) is 11.7 Å². The molecule has 0 aliphatic rings. The van der Waals surface area contributed by atoms with Crippen LogP contribution in [0.5, 0.6) is 0 Å². The summed E-state index contributed by atoms with van der Waals surface area (Å²) < 4.78 is 7.97. The topological polar surface area (TPSA) is 37.8 Å². The molecule has 1 atom stereocenters. The number of nitrogens with zero attached hydrogens (tertiary/aromatic N) is 2.